The number of carbonyl (C=O) groups is 1. The third-order valence-corrected chi connectivity index (χ3v) is 4.11. The van der Waals surface area contributed by atoms with Crippen molar-refractivity contribution in [2.24, 2.45) is 0 Å². The fraction of sp³-hybridized carbons (Fsp3) is 0.133. The maximum Gasteiger partial charge on any atom is 0.177 e. The fourth-order valence-corrected chi connectivity index (χ4v) is 2.73. The zero-order valence-corrected chi connectivity index (χ0v) is 11.9. The van der Waals surface area contributed by atoms with E-state index in [9.17, 15) is 15.0 Å². The van der Waals surface area contributed by atoms with Gasteiger partial charge in [-0.3, -0.25) is 4.79 Å². The number of carbonyl (C=O) groups excluding carboxylic acids is 1. The number of ether oxygens (including phenoxy) is 1. The summed E-state index contributed by atoms with van der Waals surface area (Å²) in [5.41, 5.74) is 1.24. The van der Waals surface area contributed by atoms with Crippen LogP contribution in [-0.4, -0.2) is 22.6 Å². The zero-order chi connectivity index (χ0) is 14.3. The Labute approximate surface area is 123 Å². The van der Waals surface area contributed by atoms with E-state index in [-0.39, 0.29) is 23.9 Å². The Kier molecular flexibility index (Phi) is 3.14. The van der Waals surface area contributed by atoms with Crippen LogP contribution in [0.1, 0.15) is 21.8 Å². The fourth-order valence-electron chi connectivity index (χ4n) is 2.27. The van der Waals surface area contributed by atoms with Gasteiger partial charge in [-0.2, -0.15) is 0 Å². The molecule has 20 heavy (non-hydrogen) atoms. The molecule has 2 aromatic rings. The SMILES string of the molecule is O=C1c2ccc(O)c(Br)c2OCC1c1ccc(O)cc1. The van der Waals surface area contributed by atoms with Crippen molar-refractivity contribution >= 4 is 21.7 Å². The molecule has 1 unspecified atom stereocenters. The van der Waals surface area contributed by atoms with E-state index in [2.05, 4.69) is 15.9 Å². The molecule has 3 rings (SSSR count). The second kappa shape index (κ2) is 4.83. The first-order valence-electron chi connectivity index (χ1n) is 6.05. The number of rotatable bonds is 1. The summed E-state index contributed by atoms with van der Waals surface area (Å²) in [6.07, 6.45) is 0. The van der Waals surface area contributed by atoms with Crippen molar-refractivity contribution in [1.29, 1.82) is 0 Å². The smallest absolute Gasteiger partial charge is 0.177 e. The molecular weight excluding hydrogens is 324 g/mol. The minimum Gasteiger partial charge on any atom is -0.508 e. The van der Waals surface area contributed by atoms with Crippen LogP contribution in [0.15, 0.2) is 40.9 Å². The minimum absolute atomic E-state index is 0.0413. The van der Waals surface area contributed by atoms with E-state index < -0.39 is 5.92 Å². The summed E-state index contributed by atoms with van der Waals surface area (Å²) >= 11 is 3.22. The van der Waals surface area contributed by atoms with Gasteiger partial charge in [-0.05, 0) is 45.8 Å². The van der Waals surface area contributed by atoms with Crippen LogP contribution in [0.3, 0.4) is 0 Å². The normalized spacial score (nSPS) is 17.4. The summed E-state index contributed by atoms with van der Waals surface area (Å²) in [5.74, 6) is 0.118. The molecule has 2 aromatic carbocycles. The number of hydrogen-bond acceptors (Lipinski definition) is 4. The van der Waals surface area contributed by atoms with Crippen molar-refractivity contribution in [3.8, 4) is 17.2 Å². The largest absolute Gasteiger partial charge is 0.508 e. The van der Waals surface area contributed by atoms with Crippen LogP contribution in [-0.2, 0) is 0 Å². The molecule has 1 atom stereocenters. The number of hydrogen-bond donors (Lipinski definition) is 2. The van der Waals surface area contributed by atoms with Gasteiger partial charge in [-0.1, -0.05) is 12.1 Å². The molecule has 2 N–H and O–H groups in total. The van der Waals surface area contributed by atoms with E-state index in [0.717, 1.165) is 5.56 Å². The first kappa shape index (κ1) is 13.0. The highest BCUT2D eigenvalue weighted by Crippen LogP contribution is 2.41. The van der Waals surface area contributed by atoms with Crippen molar-refractivity contribution in [3.05, 3.63) is 52.0 Å². The number of aromatic hydroxyl groups is 2. The summed E-state index contributed by atoms with van der Waals surface area (Å²) in [4.78, 5) is 12.5. The number of phenolic OH excluding ortho intramolecular Hbond substituents is 2. The highest BCUT2D eigenvalue weighted by Gasteiger charge is 2.32. The Morgan fingerprint density at radius 2 is 1.80 bits per heavy atom. The molecular formula is C15H11BrO4. The molecule has 5 heteroatoms. The lowest BCUT2D eigenvalue weighted by atomic mass is 9.89. The lowest BCUT2D eigenvalue weighted by Crippen LogP contribution is -2.26. The first-order valence-corrected chi connectivity index (χ1v) is 6.84. The van der Waals surface area contributed by atoms with Crippen molar-refractivity contribution < 1.29 is 19.7 Å². The average Bonchev–Trinajstić information content (AvgIpc) is 2.45. The van der Waals surface area contributed by atoms with Gasteiger partial charge in [0.2, 0.25) is 0 Å². The molecule has 1 aliphatic rings. The van der Waals surface area contributed by atoms with E-state index >= 15 is 0 Å². The molecule has 0 saturated heterocycles. The summed E-state index contributed by atoms with van der Waals surface area (Å²) in [5, 5.41) is 18.9. The van der Waals surface area contributed by atoms with E-state index in [1.165, 1.54) is 6.07 Å². The van der Waals surface area contributed by atoms with Gasteiger partial charge in [0.25, 0.3) is 0 Å². The summed E-state index contributed by atoms with van der Waals surface area (Å²) in [6, 6.07) is 9.53. The number of benzene rings is 2. The van der Waals surface area contributed by atoms with Crippen LogP contribution < -0.4 is 4.74 Å². The third-order valence-electron chi connectivity index (χ3n) is 3.35. The lowest BCUT2D eigenvalue weighted by molar-refractivity contribution is 0.0895. The Hall–Kier alpha value is -2.01. The van der Waals surface area contributed by atoms with Gasteiger partial charge in [0.15, 0.2) is 5.78 Å². The number of Topliss-reactive ketones (excluding diaryl/α,β-unsaturated/α-hetero) is 1. The van der Waals surface area contributed by atoms with Crippen molar-refractivity contribution in [2.45, 2.75) is 5.92 Å². The molecule has 0 saturated carbocycles. The molecule has 0 spiro atoms. The molecule has 0 aliphatic carbocycles. The Morgan fingerprint density at radius 1 is 1.10 bits per heavy atom. The molecule has 0 bridgehead atoms. The van der Waals surface area contributed by atoms with Gasteiger partial charge >= 0.3 is 0 Å². The van der Waals surface area contributed by atoms with Crippen molar-refractivity contribution in [2.75, 3.05) is 6.61 Å². The number of halogens is 1. The van der Waals surface area contributed by atoms with Crippen LogP contribution in [0.25, 0.3) is 0 Å². The molecule has 0 radical (unpaired) electrons. The van der Waals surface area contributed by atoms with Crippen molar-refractivity contribution in [1.82, 2.24) is 0 Å². The quantitative estimate of drug-likeness (QED) is 0.840. The maximum atomic E-state index is 12.5. The van der Waals surface area contributed by atoms with Gasteiger partial charge < -0.3 is 14.9 Å². The van der Waals surface area contributed by atoms with E-state index in [0.29, 0.717) is 15.8 Å². The second-order valence-electron chi connectivity index (χ2n) is 4.59. The number of fused-ring (bicyclic) bond motifs is 1. The molecule has 102 valence electrons. The Bertz CT molecular complexity index is 679. The summed E-state index contributed by atoms with van der Waals surface area (Å²) in [7, 11) is 0. The van der Waals surface area contributed by atoms with Crippen LogP contribution in [0.4, 0.5) is 0 Å². The van der Waals surface area contributed by atoms with E-state index in [1.54, 1.807) is 30.3 Å². The van der Waals surface area contributed by atoms with Crippen LogP contribution in [0, 0.1) is 0 Å². The monoisotopic (exact) mass is 334 g/mol. The second-order valence-corrected chi connectivity index (χ2v) is 5.39. The van der Waals surface area contributed by atoms with Gasteiger partial charge in [-0.25, -0.2) is 0 Å². The maximum absolute atomic E-state index is 12.5. The van der Waals surface area contributed by atoms with Crippen LogP contribution in [0.2, 0.25) is 0 Å². The topological polar surface area (TPSA) is 66.8 Å². The molecule has 0 amide bonds. The Morgan fingerprint density at radius 3 is 2.50 bits per heavy atom. The molecule has 0 fully saturated rings. The molecule has 0 aromatic heterocycles. The average molecular weight is 335 g/mol. The number of phenols is 2. The van der Waals surface area contributed by atoms with Gasteiger partial charge in [0, 0.05) is 0 Å². The predicted octanol–water partition coefficient (Wildman–Crippen LogP) is 3.22. The standard InChI is InChI=1S/C15H11BrO4/c16-13-12(18)6-5-10-14(19)11(7-20-15(10)13)8-1-3-9(17)4-2-8/h1-6,11,17-18H,7H2. The summed E-state index contributed by atoms with van der Waals surface area (Å²) in [6.45, 7) is 0.207. The zero-order valence-electron chi connectivity index (χ0n) is 10.3. The highest BCUT2D eigenvalue weighted by atomic mass is 79.9. The van der Waals surface area contributed by atoms with Crippen molar-refractivity contribution in [3.63, 3.8) is 0 Å². The molecule has 1 aliphatic heterocycles. The van der Waals surface area contributed by atoms with Crippen LogP contribution in [0.5, 0.6) is 17.2 Å². The Balaban J connectivity index is 2.01. The van der Waals surface area contributed by atoms with Gasteiger partial charge in [0.1, 0.15) is 28.3 Å². The molecule has 1 heterocycles. The highest BCUT2D eigenvalue weighted by molar-refractivity contribution is 9.10. The van der Waals surface area contributed by atoms with Gasteiger partial charge in [-0.15, -0.1) is 0 Å². The van der Waals surface area contributed by atoms with Crippen LogP contribution >= 0.6 is 15.9 Å². The van der Waals surface area contributed by atoms with E-state index in [4.69, 9.17) is 4.74 Å². The van der Waals surface area contributed by atoms with Gasteiger partial charge in [0.05, 0.1) is 11.5 Å². The minimum atomic E-state index is -0.403. The number of ketones is 1. The summed E-state index contributed by atoms with van der Waals surface area (Å²) < 4.78 is 6.01. The lowest BCUT2D eigenvalue weighted by Gasteiger charge is -2.25. The van der Waals surface area contributed by atoms with E-state index in [1.807, 2.05) is 0 Å². The first-order chi connectivity index (χ1) is 9.58. The predicted molar refractivity (Wildman–Crippen MR) is 76.5 cm³/mol. The molecule has 4 nitrogen and oxygen atoms in total. The third kappa shape index (κ3) is 2.04.